The number of alkyl halides is 3. The first-order valence-electron chi connectivity index (χ1n) is 6.64. The van der Waals surface area contributed by atoms with Gasteiger partial charge in [0, 0.05) is 19.1 Å². The first-order valence-corrected chi connectivity index (χ1v) is 6.64. The van der Waals surface area contributed by atoms with Gasteiger partial charge in [-0.2, -0.15) is 13.2 Å². The molecule has 0 saturated carbocycles. The van der Waals surface area contributed by atoms with Gasteiger partial charge in [-0.3, -0.25) is 4.90 Å². The fourth-order valence-corrected chi connectivity index (χ4v) is 1.82. The molecule has 2 nitrogen and oxygen atoms in total. The van der Waals surface area contributed by atoms with Gasteiger partial charge in [-0.25, -0.2) is 0 Å². The molecule has 0 aromatic rings. The molecular weight excluding hydrogens is 241 g/mol. The van der Waals surface area contributed by atoms with E-state index in [2.05, 4.69) is 5.32 Å². The lowest BCUT2D eigenvalue weighted by atomic mass is 9.86. The van der Waals surface area contributed by atoms with E-state index >= 15 is 0 Å². The van der Waals surface area contributed by atoms with Crippen LogP contribution in [-0.4, -0.2) is 43.3 Å². The van der Waals surface area contributed by atoms with Gasteiger partial charge in [0.15, 0.2) is 0 Å². The zero-order chi connectivity index (χ0) is 14.4. The summed E-state index contributed by atoms with van der Waals surface area (Å²) in [4.78, 5) is 1.48. The van der Waals surface area contributed by atoms with Crippen LogP contribution < -0.4 is 5.32 Å². The van der Waals surface area contributed by atoms with Gasteiger partial charge in [0.25, 0.3) is 0 Å². The number of halogens is 3. The van der Waals surface area contributed by atoms with Crippen molar-refractivity contribution in [2.24, 2.45) is 5.41 Å². The monoisotopic (exact) mass is 268 g/mol. The summed E-state index contributed by atoms with van der Waals surface area (Å²) in [6.45, 7) is 10.8. The van der Waals surface area contributed by atoms with Crippen LogP contribution >= 0.6 is 0 Å². The summed E-state index contributed by atoms with van der Waals surface area (Å²) >= 11 is 0. The molecule has 0 aromatic carbocycles. The molecule has 0 rings (SSSR count). The third-order valence-electron chi connectivity index (χ3n) is 3.25. The molecule has 0 fully saturated rings. The molecule has 110 valence electrons. The maximum atomic E-state index is 12.4. The van der Waals surface area contributed by atoms with Crippen LogP contribution in [-0.2, 0) is 0 Å². The summed E-state index contributed by atoms with van der Waals surface area (Å²) in [5.41, 5.74) is -0.120. The van der Waals surface area contributed by atoms with Gasteiger partial charge in [-0.1, -0.05) is 34.6 Å². The van der Waals surface area contributed by atoms with Crippen LogP contribution in [0.1, 0.15) is 41.0 Å². The molecule has 0 aliphatic rings. The van der Waals surface area contributed by atoms with Crippen LogP contribution in [0.5, 0.6) is 0 Å². The minimum Gasteiger partial charge on any atom is -0.314 e. The average molecular weight is 268 g/mol. The lowest BCUT2D eigenvalue weighted by molar-refractivity contribution is -0.148. The van der Waals surface area contributed by atoms with Crippen molar-refractivity contribution in [3.63, 3.8) is 0 Å². The molecule has 1 atom stereocenters. The van der Waals surface area contributed by atoms with Crippen LogP contribution in [0.3, 0.4) is 0 Å². The fourth-order valence-electron chi connectivity index (χ4n) is 1.82. The number of hydrogen-bond acceptors (Lipinski definition) is 2. The summed E-state index contributed by atoms with van der Waals surface area (Å²) in [5.74, 6) is 0. The van der Waals surface area contributed by atoms with Crippen LogP contribution in [0, 0.1) is 5.41 Å². The quantitative estimate of drug-likeness (QED) is 0.726. The van der Waals surface area contributed by atoms with E-state index in [-0.39, 0.29) is 5.41 Å². The SMILES string of the molecule is CCN(CC(F)(F)F)CC(C)(CC)CNC(C)C. The van der Waals surface area contributed by atoms with Gasteiger partial charge in [-0.05, 0) is 18.4 Å². The van der Waals surface area contributed by atoms with Gasteiger partial charge >= 0.3 is 6.18 Å². The van der Waals surface area contributed by atoms with Crippen molar-refractivity contribution < 1.29 is 13.2 Å². The van der Waals surface area contributed by atoms with Crippen molar-refractivity contribution in [1.29, 1.82) is 0 Å². The zero-order valence-electron chi connectivity index (χ0n) is 12.2. The zero-order valence-corrected chi connectivity index (χ0v) is 12.2. The third kappa shape index (κ3) is 7.93. The molecule has 0 saturated heterocycles. The number of rotatable bonds is 8. The van der Waals surface area contributed by atoms with E-state index in [1.54, 1.807) is 6.92 Å². The molecule has 1 unspecified atom stereocenters. The molecule has 0 aliphatic heterocycles. The highest BCUT2D eigenvalue weighted by molar-refractivity contribution is 4.81. The predicted octanol–water partition coefficient (Wildman–Crippen LogP) is 3.28. The minimum atomic E-state index is -4.11. The Hall–Kier alpha value is -0.290. The second kappa shape index (κ2) is 7.34. The van der Waals surface area contributed by atoms with Crippen LogP contribution in [0.25, 0.3) is 0 Å². The van der Waals surface area contributed by atoms with E-state index in [1.165, 1.54) is 4.90 Å². The van der Waals surface area contributed by atoms with Crippen molar-refractivity contribution in [3.8, 4) is 0 Å². The Morgan fingerprint density at radius 3 is 2.00 bits per heavy atom. The Balaban J connectivity index is 4.46. The Labute approximate surface area is 109 Å². The van der Waals surface area contributed by atoms with E-state index < -0.39 is 12.7 Å². The molecule has 0 aliphatic carbocycles. The maximum absolute atomic E-state index is 12.4. The Kier molecular flexibility index (Phi) is 7.22. The lowest BCUT2D eigenvalue weighted by Crippen LogP contribution is -2.46. The normalized spacial score (nSPS) is 16.3. The highest BCUT2D eigenvalue weighted by Gasteiger charge is 2.33. The predicted molar refractivity (Wildman–Crippen MR) is 69.7 cm³/mol. The summed E-state index contributed by atoms with van der Waals surface area (Å²) in [6, 6.07) is 0.355. The number of nitrogens with one attached hydrogen (secondary N) is 1. The van der Waals surface area contributed by atoms with Gasteiger partial charge in [0.2, 0.25) is 0 Å². The first-order chi connectivity index (χ1) is 8.12. The molecular formula is C13H27F3N2. The maximum Gasteiger partial charge on any atom is 0.401 e. The molecule has 0 amide bonds. The topological polar surface area (TPSA) is 15.3 Å². The van der Waals surface area contributed by atoms with E-state index in [9.17, 15) is 13.2 Å². The van der Waals surface area contributed by atoms with Crippen molar-refractivity contribution in [2.75, 3.05) is 26.2 Å². The fraction of sp³-hybridized carbons (Fsp3) is 1.00. The Morgan fingerprint density at radius 2 is 1.67 bits per heavy atom. The van der Waals surface area contributed by atoms with Gasteiger partial charge in [0.1, 0.15) is 0 Å². The average Bonchev–Trinajstić information content (AvgIpc) is 2.23. The van der Waals surface area contributed by atoms with Crippen LogP contribution in [0.15, 0.2) is 0 Å². The van der Waals surface area contributed by atoms with E-state index in [1.807, 2.05) is 27.7 Å². The van der Waals surface area contributed by atoms with Crippen LogP contribution in [0.2, 0.25) is 0 Å². The summed E-state index contributed by atoms with van der Waals surface area (Å²) in [5, 5.41) is 3.32. The number of nitrogens with zero attached hydrogens (tertiary/aromatic N) is 1. The molecule has 5 heteroatoms. The summed E-state index contributed by atoms with van der Waals surface area (Å²) in [6.07, 6.45) is -3.25. The van der Waals surface area contributed by atoms with E-state index in [0.29, 0.717) is 19.1 Å². The molecule has 0 spiro atoms. The Morgan fingerprint density at radius 1 is 1.11 bits per heavy atom. The largest absolute Gasteiger partial charge is 0.401 e. The summed E-state index contributed by atoms with van der Waals surface area (Å²) < 4.78 is 37.3. The van der Waals surface area contributed by atoms with Gasteiger partial charge in [0.05, 0.1) is 6.54 Å². The van der Waals surface area contributed by atoms with Crippen molar-refractivity contribution in [2.45, 2.75) is 53.3 Å². The van der Waals surface area contributed by atoms with E-state index in [4.69, 9.17) is 0 Å². The van der Waals surface area contributed by atoms with E-state index in [0.717, 1.165) is 13.0 Å². The number of hydrogen-bond donors (Lipinski definition) is 1. The molecule has 1 N–H and O–H groups in total. The lowest BCUT2D eigenvalue weighted by Gasteiger charge is -2.35. The third-order valence-corrected chi connectivity index (χ3v) is 3.25. The minimum absolute atomic E-state index is 0.120. The second-order valence-electron chi connectivity index (χ2n) is 5.62. The second-order valence-corrected chi connectivity index (χ2v) is 5.62. The van der Waals surface area contributed by atoms with Crippen molar-refractivity contribution in [3.05, 3.63) is 0 Å². The molecule has 18 heavy (non-hydrogen) atoms. The van der Waals surface area contributed by atoms with Gasteiger partial charge < -0.3 is 5.32 Å². The van der Waals surface area contributed by atoms with Gasteiger partial charge in [-0.15, -0.1) is 0 Å². The smallest absolute Gasteiger partial charge is 0.314 e. The van der Waals surface area contributed by atoms with Crippen molar-refractivity contribution >= 4 is 0 Å². The summed E-state index contributed by atoms with van der Waals surface area (Å²) in [7, 11) is 0. The molecule has 0 aromatic heterocycles. The highest BCUT2D eigenvalue weighted by Crippen LogP contribution is 2.24. The van der Waals surface area contributed by atoms with Crippen LogP contribution in [0.4, 0.5) is 13.2 Å². The van der Waals surface area contributed by atoms with Crippen molar-refractivity contribution in [1.82, 2.24) is 10.2 Å². The molecule has 0 bridgehead atoms. The molecule has 0 radical (unpaired) electrons. The highest BCUT2D eigenvalue weighted by atomic mass is 19.4. The standard InChI is InChI=1S/C13H27F3N2/c1-6-12(5,8-17-11(3)4)9-18(7-2)10-13(14,15)16/h11,17H,6-10H2,1-5H3. The first kappa shape index (κ1) is 17.7. The molecule has 0 heterocycles. The Bertz CT molecular complexity index is 229.